The molecular formula is C39H58FN3S. The van der Waals surface area contributed by atoms with Gasteiger partial charge in [-0.25, -0.2) is 4.39 Å². The summed E-state index contributed by atoms with van der Waals surface area (Å²) in [5, 5.41) is 3.31. The second-order valence-electron chi connectivity index (χ2n) is 11.9. The highest BCUT2D eigenvalue weighted by Gasteiger charge is 2.31. The van der Waals surface area contributed by atoms with E-state index in [1.165, 1.54) is 53.1 Å². The third-order valence-electron chi connectivity index (χ3n) is 8.05. The van der Waals surface area contributed by atoms with Gasteiger partial charge >= 0.3 is 0 Å². The Balaban J connectivity index is 0.000000519. The molecule has 1 aliphatic rings. The van der Waals surface area contributed by atoms with Crippen LogP contribution in [0, 0.1) is 12.8 Å². The fourth-order valence-electron chi connectivity index (χ4n) is 5.80. The van der Waals surface area contributed by atoms with Crippen LogP contribution in [-0.4, -0.2) is 17.6 Å². The number of aryl methyl sites for hydroxylation is 2. The Labute approximate surface area is 273 Å². The van der Waals surface area contributed by atoms with Crippen molar-refractivity contribution in [1.82, 2.24) is 10.3 Å². The molecule has 1 unspecified atom stereocenters. The largest absolute Gasteiger partial charge is 0.391 e. The summed E-state index contributed by atoms with van der Waals surface area (Å²) in [5.74, 6) is 0.778. The second-order valence-corrected chi connectivity index (χ2v) is 13.0. The summed E-state index contributed by atoms with van der Waals surface area (Å²) in [6, 6.07) is 19.3. The van der Waals surface area contributed by atoms with Crippen molar-refractivity contribution in [3.05, 3.63) is 90.4 Å². The molecule has 0 amide bonds. The summed E-state index contributed by atoms with van der Waals surface area (Å²) in [6.07, 6.45) is 13.2. The van der Waals surface area contributed by atoms with Crippen molar-refractivity contribution >= 4 is 23.1 Å². The number of hydrogen-bond acceptors (Lipinski definition) is 4. The SMILES string of the molecule is C=CNCCC(CCC(CCC)CCC)N1c2ccccc2Sc2ccc(C(C)(C)F)cc21.CC.CCc1ccnc(C)c1. The Morgan fingerprint density at radius 3 is 2.18 bits per heavy atom. The summed E-state index contributed by atoms with van der Waals surface area (Å²) in [6.45, 7) is 20.8. The van der Waals surface area contributed by atoms with E-state index >= 15 is 0 Å². The highest BCUT2D eigenvalue weighted by atomic mass is 32.2. The van der Waals surface area contributed by atoms with Gasteiger partial charge < -0.3 is 10.2 Å². The molecule has 2 aromatic carbocycles. The predicted octanol–water partition coefficient (Wildman–Crippen LogP) is 12.0. The topological polar surface area (TPSA) is 28.2 Å². The van der Waals surface area contributed by atoms with Crippen LogP contribution in [0.2, 0.25) is 0 Å². The molecule has 242 valence electrons. The molecule has 44 heavy (non-hydrogen) atoms. The van der Waals surface area contributed by atoms with E-state index in [9.17, 15) is 4.39 Å². The van der Waals surface area contributed by atoms with Crippen molar-refractivity contribution in [3.63, 3.8) is 0 Å². The molecule has 1 aromatic heterocycles. The Bertz CT molecular complexity index is 1250. The molecule has 0 fully saturated rings. The summed E-state index contributed by atoms with van der Waals surface area (Å²) in [7, 11) is 0. The highest BCUT2D eigenvalue weighted by Crippen LogP contribution is 2.51. The quantitative estimate of drug-likeness (QED) is 0.182. The number of hydrogen-bond donors (Lipinski definition) is 1. The molecule has 5 heteroatoms. The summed E-state index contributed by atoms with van der Waals surface area (Å²) in [4.78, 5) is 9.08. The zero-order valence-electron chi connectivity index (χ0n) is 28.8. The lowest BCUT2D eigenvalue weighted by Gasteiger charge is -2.40. The minimum atomic E-state index is -1.37. The van der Waals surface area contributed by atoms with Crippen molar-refractivity contribution in [2.24, 2.45) is 5.92 Å². The van der Waals surface area contributed by atoms with Crippen molar-refractivity contribution in [2.75, 3.05) is 11.4 Å². The molecule has 1 atom stereocenters. The fourth-order valence-corrected chi connectivity index (χ4v) is 6.85. The van der Waals surface area contributed by atoms with Gasteiger partial charge in [-0.2, -0.15) is 0 Å². The maximum absolute atomic E-state index is 14.9. The van der Waals surface area contributed by atoms with E-state index in [-0.39, 0.29) is 0 Å². The molecule has 0 bridgehead atoms. The standard InChI is InChI=1S/C29H41FN2S.C8H11N.C2H6/c1-6-11-22(12-7-2)15-17-24(19-20-31-8-3)32-25-13-9-10-14-27(25)33-28-18-16-23(21-26(28)32)29(4,5)30;1-3-8-4-5-9-7(2)6-8;1-2/h8-10,13-14,16,18,21-22,24,31H,3,6-7,11-12,15,17,19-20H2,1-2,4-5H3;4-6H,3H2,1-2H3;1-2H3. The monoisotopic (exact) mass is 619 g/mol. The minimum absolute atomic E-state index is 0.340. The van der Waals surface area contributed by atoms with Gasteiger partial charge in [-0.3, -0.25) is 4.98 Å². The number of para-hydroxylation sites is 1. The number of nitrogens with one attached hydrogen (secondary N) is 1. The van der Waals surface area contributed by atoms with Gasteiger partial charge in [0.1, 0.15) is 5.67 Å². The third-order valence-corrected chi connectivity index (χ3v) is 9.18. The smallest absolute Gasteiger partial charge is 0.130 e. The van der Waals surface area contributed by atoms with Crippen LogP contribution in [0.15, 0.2) is 83.4 Å². The predicted molar refractivity (Wildman–Crippen MR) is 192 cm³/mol. The average Bonchev–Trinajstić information content (AvgIpc) is 3.02. The van der Waals surface area contributed by atoms with Crippen LogP contribution in [0.25, 0.3) is 0 Å². The van der Waals surface area contributed by atoms with Crippen LogP contribution in [0.1, 0.15) is 110 Å². The van der Waals surface area contributed by atoms with Crippen LogP contribution >= 0.6 is 11.8 Å². The summed E-state index contributed by atoms with van der Waals surface area (Å²) in [5.41, 5.74) is 4.24. The number of nitrogens with zero attached hydrogens (tertiary/aromatic N) is 2. The number of benzene rings is 2. The number of rotatable bonds is 14. The molecule has 0 saturated carbocycles. The molecule has 3 aromatic rings. The van der Waals surface area contributed by atoms with Crippen LogP contribution in [-0.2, 0) is 12.1 Å². The Kier molecular flexibility index (Phi) is 16.6. The number of aromatic nitrogens is 1. The first kappa shape index (κ1) is 37.4. The number of alkyl halides is 1. The number of halogens is 1. The van der Waals surface area contributed by atoms with Gasteiger partial charge in [0.2, 0.25) is 0 Å². The van der Waals surface area contributed by atoms with Crippen LogP contribution in [0.3, 0.4) is 0 Å². The van der Waals surface area contributed by atoms with E-state index in [2.05, 4.69) is 85.0 Å². The molecule has 0 radical (unpaired) electrons. The van der Waals surface area contributed by atoms with Gasteiger partial charge in [0.25, 0.3) is 0 Å². The summed E-state index contributed by atoms with van der Waals surface area (Å²) >= 11 is 1.80. The van der Waals surface area contributed by atoms with Crippen LogP contribution in [0.5, 0.6) is 0 Å². The van der Waals surface area contributed by atoms with E-state index in [1.54, 1.807) is 31.8 Å². The van der Waals surface area contributed by atoms with Gasteiger partial charge in [-0.15, -0.1) is 0 Å². The van der Waals surface area contributed by atoms with Crippen LogP contribution in [0.4, 0.5) is 15.8 Å². The molecule has 0 saturated heterocycles. The zero-order chi connectivity index (χ0) is 32.5. The van der Waals surface area contributed by atoms with E-state index in [1.807, 2.05) is 39.1 Å². The normalized spacial score (nSPS) is 12.6. The molecule has 1 aliphatic heterocycles. The van der Waals surface area contributed by atoms with Crippen LogP contribution < -0.4 is 10.2 Å². The number of pyridine rings is 1. The Morgan fingerprint density at radius 1 is 0.909 bits per heavy atom. The molecule has 2 heterocycles. The van der Waals surface area contributed by atoms with Crippen molar-refractivity contribution < 1.29 is 4.39 Å². The number of anilines is 2. The lowest BCUT2D eigenvalue weighted by molar-refractivity contribution is 0.221. The first-order chi connectivity index (χ1) is 21.2. The lowest BCUT2D eigenvalue weighted by Crippen LogP contribution is -2.36. The van der Waals surface area contributed by atoms with Crippen molar-refractivity contribution in [2.45, 2.75) is 128 Å². The first-order valence-corrected chi connectivity index (χ1v) is 17.7. The Hall–Kier alpha value is -2.79. The molecular weight excluding hydrogens is 562 g/mol. The fraction of sp³-hybridized carbons (Fsp3) is 0.513. The average molecular weight is 620 g/mol. The first-order valence-electron chi connectivity index (χ1n) is 16.9. The molecule has 4 rings (SSSR count). The van der Waals surface area contributed by atoms with Gasteiger partial charge in [0.15, 0.2) is 0 Å². The van der Waals surface area contributed by atoms with Gasteiger partial charge in [0.05, 0.1) is 11.4 Å². The van der Waals surface area contributed by atoms with E-state index in [0.29, 0.717) is 6.04 Å². The maximum Gasteiger partial charge on any atom is 0.130 e. The molecule has 3 nitrogen and oxygen atoms in total. The van der Waals surface area contributed by atoms with Crippen molar-refractivity contribution in [1.29, 1.82) is 0 Å². The zero-order valence-corrected chi connectivity index (χ0v) is 29.6. The molecule has 0 aliphatic carbocycles. The Morgan fingerprint density at radius 2 is 1.59 bits per heavy atom. The minimum Gasteiger partial charge on any atom is -0.391 e. The lowest BCUT2D eigenvalue weighted by atomic mass is 9.90. The summed E-state index contributed by atoms with van der Waals surface area (Å²) < 4.78 is 14.9. The van der Waals surface area contributed by atoms with E-state index in [0.717, 1.165) is 48.7 Å². The van der Waals surface area contributed by atoms with Gasteiger partial charge in [0, 0.05) is 34.3 Å². The van der Waals surface area contributed by atoms with Gasteiger partial charge in [-0.1, -0.05) is 96.8 Å². The highest BCUT2D eigenvalue weighted by molar-refractivity contribution is 7.99. The van der Waals surface area contributed by atoms with E-state index < -0.39 is 5.67 Å². The number of fused-ring (bicyclic) bond motifs is 2. The second kappa shape index (κ2) is 19.6. The molecule has 0 spiro atoms. The van der Waals surface area contributed by atoms with E-state index in [4.69, 9.17) is 0 Å². The maximum atomic E-state index is 14.9. The van der Waals surface area contributed by atoms with Gasteiger partial charge in [-0.05, 0) is 106 Å². The third kappa shape index (κ3) is 11.3. The molecule has 1 N–H and O–H groups in total. The van der Waals surface area contributed by atoms with Crippen molar-refractivity contribution in [3.8, 4) is 0 Å².